The molecule has 0 heterocycles. The van der Waals surface area contributed by atoms with Gasteiger partial charge in [-0.25, -0.2) is 8.42 Å². The molecule has 0 bridgehead atoms. The summed E-state index contributed by atoms with van der Waals surface area (Å²) in [5.41, 5.74) is 1.86. The lowest BCUT2D eigenvalue weighted by Gasteiger charge is -2.15. The number of rotatable bonds is 7. The predicted octanol–water partition coefficient (Wildman–Crippen LogP) is 4.72. The maximum atomic E-state index is 13.0. The molecule has 7 nitrogen and oxygen atoms in total. The third kappa shape index (κ3) is 5.28. The molecule has 0 radical (unpaired) electrons. The summed E-state index contributed by atoms with van der Waals surface area (Å²) in [6.45, 7) is 1.92. The molecule has 0 aliphatic heterocycles. The summed E-state index contributed by atoms with van der Waals surface area (Å²) < 4.78 is 38.8. The number of sulfonamides is 1. The van der Waals surface area contributed by atoms with Gasteiger partial charge in [0.25, 0.3) is 15.9 Å². The Kier molecular flexibility index (Phi) is 6.72. The van der Waals surface area contributed by atoms with Crippen LogP contribution in [0.5, 0.6) is 11.5 Å². The number of nitrogens with one attached hydrogen (secondary N) is 2. The molecule has 2 N–H and O–H groups in total. The summed E-state index contributed by atoms with van der Waals surface area (Å²) in [5.74, 6) is 0.242. The van der Waals surface area contributed by atoms with Crippen LogP contribution in [0.25, 0.3) is 0 Å². The fourth-order valence-electron chi connectivity index (χ4n) is 2.81. The molecular formula is C22H21ClN2O5S. The first-order chi connectivity index (χ1) is 14.7. The first kappa shape index (κ1) is 22.5. The summed E-state index contributed by atoms with van der Waals surface area (Å²) in [7, 11) is -1.16. The number of anilines is 2. The summed E-state index contributed by atoms with van der Waals surface area (Å²) in [4.78, 5) is 12.5. The first-order valence-corrected chi connectivity index (χ1v) is 11.0. The molecule has 0 saturated heterocycles. The molecule has 0 aliphatic carbocycles. The molecule has 0 aliphatic rings. The van der Waals surface area contributed by atoms with Crippen LogP contribution in [0.15, 0.2) is 65.6 Å². The molecule has 0 fully saturated rings. The first-order valence-electron chi connectivity index (χ1n) is 9.16. The Morgan fingerprint density at radius 3 is 2.13 bits per heavy atom. The van der Waals surface area contributed by atoms with Crippen LogP contribution in [0, 0.1) is 6.92 Å². The third-order valence-electron chi connectivity index (χ3n) is 4.45. The molecule has 0 saturated carbocycles. The quantitative estimate of drug-likeness (QED) is 0.532. The molecule has 0 unspecified atom stereocenters. The second kappa shape index (κ2) is 9.28. The highest BCUT2D eigenvalue weighted by molar-refractivity contribution is 7.92. The normalized spacial score (nSPS) is 11.0. The van der Waals surface area contributed by atoms with Crippen molar-refractivity contribution in [3.05, 3.63) is 76.8 Å². The van der Waals surface area contributed by atoms with Crippen molar-refractivity contribution in [3.63, 3.8) is 0 Å². The number of amides is 1. The van der Waals surface area contributed by atoms with E-state index in [4.69, 9.17) is 21.1 Å². The van der Waals surface area contributed by atoms with Crippen LogP contribution in [-0.2, 0) is 10.0 Å². The van der Waals surface area contributed by atoms with Gasteiger partial charge < -0.3 is 14.8 Å². The van der Waals surface area contributed by atoms with E-state index in [1.54, 1.807) is 24.3 Å². The van der Waals surface area contributed by atoms with E-state index in [1.807, 2.05) is 19.1 Å². The number of hydrogen-bond donors (Lipinski definition) is 2. The topological polar surface area (TPSA) is 93.7 Å². The Hall–Kier alpha value is -3.23. The van der Waals surface area contributed by atoms with Gasteiger partial charge in [0, 0.05) is 10.6 Å². The maximum absolute atomic E-state index is 13.0. The molecular weight excluding hydrogens is 440 g/mol. The van der Waals surface area contributed by atoms with E-state index in [0.717, 1.165) is 5.56 Å². The van der Waals surface area contributed by atoms with Crippen molar-refractivity contribution in [2.24, 2.45) is 0 Å². The van der Waals surface area contributed by atoms with Crippen LogP contribution in [0.3, 0.4) is 0 Å². The number of aryl methyl sites for hydroxylation is 1. The van der Waals surface area contributed by atoms with Crippen molar-refractivity contribution in [2.75, 3.05) is 24.3 Å². The Bertz CT molecular complexity index is 1210. The van der Waals surface area contributed by atoms with Gasteiger partial charge in [-0.05, 0) is 55.5 Å². The monoisotopic (exact) mass is 460 g/mol. The Morgan fingerprint density at radius 2 is 1.48 bits per heavy atom. The summed E-state index contributed by atoms with van der Waals surface area (Å²) in [6.07, 6.45) is 0. The number of hydrogen-bond acceptors (Lipinski definition) is 5. The fraction of sp³-hybridized carbons (Fsp3) is 0.136. The zero-order valence-corrected chi connectivity index (χ0v) is 18.7. The average Bonchev–Trinajstić information content (AvgIpc) is 2.74. The van der Waals surface area contributed by atoms with Gasteiger partial charge in [-0.3, -0.25) is 9.52 Å². The molecule has 0 atom stereocenters. The zero-order valence-electron chi connectivity index (χ0n) is 17.1. The summed E-state index contributed by atoms with van der Waals surface area (Å²) >= 11 is 5.98. The van der Waals surface area contributed by atoms with E-state index in [0.29, 0.717) is 22.1 Å². The minimum Gasteiger partial charge on any atom is -0.495 e. The third-order valence-corrected chi connectivity index (χ3v) is 6.05. The van der Waals surface area contributed by atoms with Crippen LogP contribution in [0.1, 0.15) is 15.9 Å². The molecule has 31 heavy (non-hydrogen) atoms. The van der Waals surface area contributed by atoms with Gasteiger partial charge in [-0.1, -0.05) is 29.3 Å². The molecule has 0 spiro atoms. The second-order valence-electron chi connectivity index (χ2n) is 6.63. The minimum atomic E-state index is -4.01. The Labute approximate surface area is 186 Å². The van der Waals surface area contributed by atoms with Crippen molar-refractivity contribution >= 4 is 38.9 Å². The lowest BCUT2D eigenvalue weighted by Crippen LogP contribution is -2.16. The van der Waals surface area contributed by atoms with Crippen LogP contribution in [0.4, 0.5) is 11.4 Å². The van der Waals surface area contributed by atoms with Gasteiger partial charge in [0.1, 0.15) is 11.5 Å². The van der Waals surface area contributed by atoms with Crippen molar-refractivity contribution in [1.29, 1.82) is 0 Å². The van der Waals surface area contributed by atoms with Gasteiger partial charge in [0.2, 0.25) is 0 Å². The second-order valence-corrected chi connectivity index (χ2v) is 8.75. The van der Waals surface area contributed by atoms with E-state index in [1.165, 1.54) is 38.5 Å². The number of benzene rings is 3. The summed E-state index contributed by atoms with van der Waals surface area (Å²) in [5, 5.41) is 3.05. The molecule has 9 heteroatoms. The highest BCUT2D eigenvalue weighted by Gasteiger charge is 2.20. The number of carbonyl (C=O) groups is 1. The molecule has 3 rings (SSSR count). The molecule has 162 valence electrons. The standard InChI is InChI=1S/C22H21ClN2O5S/c1-14-4-6-15(7-5-14)22(26)24-18-13-17(9-11-20(18)29-2)31(27,28)25-19-12-16(23)8-10-21(19)30-3/h4-13,25H,1-3H3,(H,24,26). The molecule has 3 aromatic carbocycles. The van der Waals surface area contributed by atoms with Gasteiger partial charge >= 0.3 is 0 Å². The van der Waals surface area contributed by atoms with E-state index < -0.39 is 15.9 Å². The van der Waals surface area contributed by atoms with Crippen LogP contribution in [0.2, 0.25) is 5.02 Å². The van der Waals surface area contributed by atoms with Gasteiger partial charge in [-0.2, -0.15) is 0 Å². The molecule has 3 aromatic rings. The predicted molar refractivity (Wildman–Crippen MR) is 121 cm³/mol. The van der Waals surface area contributed by atoms with Crippen molar-refractivity contribution in [2.45, 2.75) is 11.8 Å². The highest BCUT2D eigenvalue weighted by atomic mass is 35.5. The van der Waals surface area contributed by atoms with E-state index in [9.17, 15) is 13.2 Å². The van der Waals surface area contributed by atoms with Crippen molar-refractivity contribution < 1.29 is 22.7 Å². The average molecular weight is 461 g/mol. The smallest absolute Gasteiger partial charge is 0.262 e. The van der Waals surface area contributed by atoms with E-state index in [2.05, 4.69) is 10.0 Å². The lowest BCUT2D eigenvalue weighted by molar-refractivity contribution is 0.102. The Morgan fingerprint density at radius 1 is 0.871 bits per heavy atom. The van der Waals surface area contributed by atoms with E-state index in [-0.39, 0.29) is 16.3 Å². The number of methoxy groups -OCH3 is 2. The van der Waals surface area contributed by atoms with Gasteiger partial charge in [-0.15, -0.1) is 0 Å². The number of ether oxygens (including phenoxy) is 2. The van der Waals surface area contributed by atoms with Crippen molar-refractivity contribution in [3.8, 4) is 11.5 Å². The number of halogens is 1. The molecule has 0 aromatic heterocycles. The highest BCUT2D eigenvalue weighted by Crippen LogP contribution is 2.32. The van der Waals surface area contributed by atoms with E-state index >= 15 is 0 Å². The largest absolute Gasteiger partial charge is 0.495 e. The van der Waals surface area contributed by atoms with Crippen molar-refractivity contribution in [1.82, 2.24) is 0 Å². The fourth-order valence-corrected chi connectivity index (χ4v) is 4.07. The van der Waals surface area contributed by atoms with Gasteiger partial charge in [0.05, 0.1) is 30.5 Å². The Balaban J connectivity index is 1.92. The van der Waals surface area contributed by atoms with Crippen LogP contribution < -0.4 is 19.5 Å². The molecule has 1 amide bonds. The lowest BCUT2D eigenvalue weighted by atomic mass is 10.1. The summed E-state index contributed by atoms with van der Waals surface area (Å²) in [6, 6.07) is 15.8. The minimum absolute atomic E-state index is 0.0745. The SMILES string of the molecule is COc1ccc(S(=O)(=O)Nc2cc(Cl)ccc2OC)cc1NC(=O)c1ccc(C)cc1. The van der Waals surface area contributed by atoms with Crippen LogP contribution in [-0.4, -0.2) is 28.5 Å². The zero-order chi connectivity index (χ0) is 22.6. The number of carbonyl (C=O) groups excluding carboxylic acids is 1. The van der Waals surface area contributed by atoms with Crippen LogP contribution >= 0.6 is 11.6 Å². The maximum Gasteiger partial charge on any atom is 0.262 e. The van der Waals surface area contributed by atoms with Gasteiger partial charge in [0.15, 0.2) is 0 Å².